The molecule has 0 saturated carbocycles. The van der Waals surface area contributed by atoms with Gasteiger partial charge in [-0.15, -0.1) is 0 Å². The van der Waals surface area contributed by atoms with Gasteiger partial charge in [0.1, 0.15) is 0 Å². The summed E-state index contributed by atoms with van der Waals surface area (Å²) < 4.78 is 25.7. The number of rotatable bonds is 5. The highest BCUT2D eigenvalue weighted by molar-refractivity contribution is 7.89. The van der Waals surface area contributed by atoms with Crippen LogP contribution in [0.25, 0.3) is 0 Å². The summed E-state index contributed by atoms with van der Waals surface area (Å²) in [5.41, 5.74) is 5.62. The van der Waals surface area contributed by atoms with Crippen molar-refractivity contribution in [2.24, 2.45) is 11.7 Å². The minimum absolute atomic E-state index is 0.181. The van der Waals surface area contributed by atoms with Crippen LogP contribution in [0.3, 0.4) is 0 Å². The summed E-state index contributed by atoms with van der Waals surface area (Å²) in [4.78, 5) is 2.25. The molecule has 5 nitrogen and oxygen atoms in total. The maximum absolute atomic E-state index is 12.0. The molecule has 1 unspecified atom stereocenters. The molecule has 1 heterocycles. The van der Waals surface area contributed by atoms with Crippen molar-refractivity contribution in [3.05, 3.63) is 0 Å². The van der Waals surface area contributed by atoms with Crippen LogP contribution in [0.5, 0.6) is 0 Å². The van der Waals surface area contributed by atoms with E-state index in [4.69, 9.17) is 5.73 Å². The Morgan fingerprint density at radius 2 is 1.65 bits per heavy atom. The number of hydrogen-bond acceptors (Lipinski definition) is 4. The number of nitrogens with two attached hydrogens (primary N) is 1. The second kappa shape index (κ2) is 6.13. The third-order valence-corrected chi connectivity index (χ3v) is 5.41. The molecule has 0 spiro atoms. The summed E-state index contributed by atoms with van der Waals surface area (Å²) in [6.07, 6.45) is 0. The van der Waals surface area contributed by atoms with Crippen LogP contribution in [0.15, 0.2) is 0 Å². The van der Waals surface area contributed by atoms with Gasteiger partial charge in [-0.2, -0.15) is 4.31 Å². The van der Waals surface area contributed by atoms with Crippen molar-refractivity contribution in [3.8, 4) is 0 Å². The van der Waals surface area contributed by atoms with E-state index in [0.717, 1.165) is 13.1 Å². The Bertz CT molecular complexity index is 322. The Morgan fingerprint density at radius 1 is 1.12 bits per heavy atom. The Kier molecular flexibility index (Phi) is 5.37. The Labute approximate surface area is 105 Å². The van der Waals surface area contributed by atoms with Crippen LogP contribution in [-0.4, -0.2) is 62.1 Å². The zero-order chi connectivity index (χ0) is 13.1. The second-order valence-corrected chi connectivity index (χ2v) is 7.21. The Morgan fingerprint density at radius 3 is 2.06 bits per heavy atom. The lowest BCUT2D eigenvalue weighted by Gasteiger charge is -2.37. The van der Waals surface area contributed by atoms with E-state index in [2.05, 4.69) is 11.8 Å². The van der Waals surface area contributed by atoms with Crippen molar-refractivity contribution in [2.75, 3.05) is 38.5 Å². The smallest absolute Gasteiger partial charge is 0.214 e. The quantitative estimate of drug-likeness (QED) is 0.754. The molecule has 0 aromatic heterocycles. The second-order valence-electron chi connectivity index (χ2n) is 5.19. The van der Waals surface area contributed by atoms with Crippen LogP contribution < -0.4 is 5.73 Å². The summed E-state index contributed by atoms with van der Waals surface area (Å²) in [6.45, 7) is 9.34. The predicted octanol–water partition coefficient (Wildman–Crippen LogP) is -0.0630. The van der Waals surface area contributed by atoms with Gasteiger partial charge in [0.05, 0.1) is 5.75 Å². The highest BCUT2D eigenvalue weighted by Crippen LogP contribution is 2.12. The van der Waals surface area contributed by atoms with Crippen LogP contribution in [0.1, 0.15) is 20.8 Å². The lowest BCUT2D eigenvalue weighted by molar-refractivity contribution is 0.148. The molecule has 2 N–H and O–H groups in total. The monoisotopic (exact) mass is 263 g/mol. The van der Waals surface area contributed by atoms with E-state index in [-0.39, 0.29) is 11.7 Å². The fraction of sp³-hybridized carbons (Fsp3) is 1.00. The first-order valence-corrected chi connectivity index (χ1v) is 7.89. The van der Waals surface area contributed by atoms with E-state index in [1.165, 1.54) is 0 Å². The molecule has 1 fully saturated rings. The summed E-state index contributed by atoms with van der Waals surface area (Å²) in [5, 5.41) is 0. The average Bonchev–Trinajstić information content (AvgIpc) is 2.26. The van der Waals surface area contributed by atoms with Gasteiger partial charge >= 0.3 is 0 Å². The van der Waals surface area contributed by atoms with Crippen molar-refractivity contribution in [2.45, 2.75) is 26.8 Å². The molecule has 1 rings (SSSR count). The molecule has 1 aliphatic heterocycles. The van der Waals surface area contributed by atoms with E-state index in [1.54, 1.807) is 4.31 Å². The van der Waals surface area contributed by atoms with Gasteiger partial charge < -0.3 is 5.73 Å². The SMILES string of the molecule is CC(C)CS(=O)(=O)N1CCN(C(C)CN)CC1. The molecule has 0 aliphatic carbocycles. The molecule has 1 atom stereocenters. The molecule has 0 aromatic rings. The maximum Gasteiger partial charge on any atom is 0.214 e. The molecule has 0 amide bonds. The van der Waals surface area contributed by atoms with E-state index >= 15 is 0 Å². The van der Waals surface area contributed by atoms with Crippen molar-refractivity contribution >= 4 is 10.0 Å². The zero-order valence-electron chi connectivity index (χ0n) is 11.1. The predicted molar refractivity (Wildman–Crippen MR) is 70.3 cm³/mol. The van der Waals surface area contributed by atoms with Crippen LogP contribution in [-0.2, 0) is 10.0 Å². The van der Waals surface area contributed by atoms with Crippen molar-refractivity contribution in [1.29, 1.82) is 0 Å². The normalized spacial score (nSPS) is 21.9. The minimum atomic E-state index is -3.06. The summed E-state index contributed by atoms with van der Waals surface area (Å²) >= 11 is 0. The molecular weight excluding hydrogens is 238 g/mol. The van der Waals surface area contributed by atoms with Gasteiger partial charge in [-0.25, -0.2) is 8.42 Å². The number of piperazine rings is 1. The fourth-order valence-electron chi connectivity index (χ4n) is 2.10. The van der Waals surface area contributed by atoms with Gasteiger partial charge in [0, 0.05) is 38.8 Å². The molecule has 0 bridgehead atoms. The standard InChI is InChI=1S/C11H25N3O2S/c1-10(2)9-17(15,16)14-6-4-13(5-7-14)11(3)8-12/h10-11H,4-9,12H2,1-3H3. The Hall–Kier alpha value is -0.170. The largest absolute Gasteiger partial charge is 0.329 e. The van der Waals surface area contributed by atoms with Crippen molar-refractivity contribution in [3.63, 3.8) is 0 Å². The first-order valence-electron chi connectivity index (χ1n) is 6.28. The zero-order valence-corrected chi connectivity index (χ0v) is 11.9. The number of sulfonamides is 1. The van der Waals surface area contributed by atoms with Crippen LogP contribution in [0.2, 0.25) is 0 Å². The molecule has 17 heavy (non-hydrogen) atoms. The summed E-state index contributed by atoms with van der Waals surface area (Å²) in [6, 6.07) is 0.338. The van der Waals surface area contributed by atoms with Crippen molar-refractivity contribution in [1.82, 2.24) is 9.21 Å². The molecule has 1 aliphatic rings. The lowest BCUT2D eigenvalue weighted by Crippen LogP contribution is -2.53. The highest BCUT2D eigenvalue weighted by atomic mass is 32.2. The topological polar surface area (TPSA) is 66.6 Å². The highest BCUT2D eigenvalue weighted by Gasteiger charge is 2.28. The first kappa shape index (κ1) is 14.9. The number of hydrogen-bond donors (Lipinski definition) is 1. The lowest BCUT2D eigenvalue weighted by atomic mass is 10.2. The fourth-order valence-corrected chi connectivity index (χ4v) is 3.87. The minimum Gasteiger partial charge on any atom is -0.329 e. The average molecular weight is 263 g/mol. The van der Waals surface area contributed by atoms with E-state index in [0.29, 0.717) is 25.7 Å². The maximum atomic E-state index is 12.0. The van der Waals surface area contributed by atoms with E-state index in [9.17, 15) is 8.42 Å². The van der Waals surface area contributed by atoms with Crippen LogP contribution in [0, 0.1) is 5.92 Å². The Balaban J connectivity index is 2.52. The van der Waals surface area contributed by atoms with Crippen LogP contribution >= 0.6 is 0 Å². The van der Waals surface area contributed by atoms with Gasteiger partial charge in [0.15, 0.2) is 0 Å². The molecule has 1 saturated heterocycles. The van der Waals surface area contributed by atoms with Gasteiger partial charge in [-0.1, -0.05) is 13.8 Å². The van der Waals surface area contributed by atoms with Gasteiger partial charge in [-0.3, -0.25) is 4.90 Å². The molecular formula is C11H25N3O2S. The summed E-state index contributed by atoms with van der Waals surface area (Å²) in [5.74, 6) is 0.431. The number of nitrogens with zero attached hydrogens (tertiary/aromatic N) is 2. The van der Waals surface area contributed by atoms with E-state index in [1.807, 2.05) is 13.8 Å². The first-order chi connectivity index (χ1) is 7.86. The van der Waals surface area contributed by atoms with Gasteiger partial charge in [0.25, 0.3) is 0 Å². The molecule has 0 radical (unpaired) electrons. The van der Waals surface area contributed by atoms with Crippen LogP contribution in [0.4, 0.5) is 0 Å². The van der Waals surface area contributed by atoms with Crippen molar-refractivity contribution < 1.29 is 8.42 Å². The molecule has 102 valence electrons. The summed E-state index contributed by atoms with van der Waals surface area (Å²) in [7, 11) is -3.06. The molecule has 6 heteroatoms. The van der Waals surface area contributed by atoms with Gasteiger partial charge in [-0.05, 0) is 12.8 Å². The van der Waals surface area contributed by atoms with E-state index < -0.39 is 10.0 Å². The third kappa shape index (κ3) is 4.21. The van der Waals surface area contributed by atoms with Gasteiger partial charge in [0.2, 0.25) is 10.0 Å². The molecule has 0 aromatic carbocycles. The third-order valence-electron chi connectivity index (χ3n) is 3.18.